The summed E-state index contributed by atoms with van der Waals surface area (Å²) in [5.74, 6) is 0. The van der Waals surface area contributed by atoms with Gasteiger partial charge in [-0.2, -0.15) is 4.31 Å². The highest BCUT2D eigenvalue weighted by atomic mass is 31.3. The van der Waals surface area contributed by atoms with E-state index < -0.39 is 108 Å². The topological polar surface area (TPSA) is 389 Å². The number of aliphatic hydroxyl groups is 4. The molecule has 0 saturated carbocycles. The summed E-state index contributed by atoms with van der Waals surface area (Å²) in [4.78, 5) is 92.3. The fraction of sp³-hybridized carbons (Fsp3) is 0.556. The largest absolute Gasteiger partial charge is 0.481 e. The molecule has 2 fully saturated rings. The molecule has 0 bridgehead atoms. The lowest BCUT2D eigenvalue weighted by Crippen LogP contribution is -2.37. The van der Waals surface area contributed by atoms with Crippen LogP contribution in [-0.4, -0.2) is 114 Å². The van der Waals surface area contributed by atoms with Gasteiger partial charge in [-0.1, -0.05) is 0 Å². The molecule has 46 heavy (non-hydrogen) atoms. The van der Waals surface area contributed by atoms with Crippen LogP contribution in [-0.2, 0) is 36.5 Å². The van der Waals surface area contributed by atoms with Crippen LogP contribution in [0.3, 0.4) is 0 Å². The Morgan fingerprint density at radius 2 is 1.04 bits per heavy atom. The van der Waals surface area contributed by atoms with Crippen LogP contribution in [0.15, 0.2) is 43.7 Å². The van der Waals surface area contributed by atoms with E-state index in [2.05, 4.69) is 13.4 Å². The normalized spacial score (nSPS) is 29.6. The number of nitrogens with one attached hydrogen (secondary N) is 2. The first kappa shape index (κ1) is 37.9. The van der Waals surface area contributed by atoms with Crippen LogP contribution in [0.2, 0.25) is 0 Å². The van der Waals surface area contributed by atoms with Crippen molar-refractivity contribution >= 4 is 23.5 Å². The molecule has 2 aromatic rings. The third-order valence-electron chi connectivity index (χ3n) is 5.94. The number of hydrogen-bond acceptors (Lipinski definition) is 16. The first-order valence-corrected chi connectivity index (χ1v) is 16.7. The summed E-state index contributed by atoms with van der Waals surface area (Å²) in [6.07, 6.45) is -9.83. The molecule has 2 saturated heterocycles. The van der Waals surface area contributed by atoms with Crippen molar-refractivity contribution in [1.82, 2.24) is 19.1 Å². The lowest BCUT2D eigenvalue weighted by Gasteiger charge is -2.17. The molecule has 11 N–H and O–H groups in total. The minimum absolute atomic E-state index is 0.648. The van der Waals surface area contributed by atoms with Crippen molar-refractivity contribution in [3.05, 3.63) is 66.2 Å². The minimum Gasteiger partial charge on any atom is -0.387 e. The number of rotatable bonds is 10. The molecule has 2 aliphatic heterocycles. The maximum Gasteiger partial charge on any atom is 0.481 e. The SMILES string of the molecule is O=c1ccn([C@@H]2O[C@H](COP(=O)(O)O)[C@@H](O)[C@H]2O)c(=O)[nH]1.O=c1ccn([C@@H]2O[C@H](COP(=O)(O)OP(=O)(O)O)[C@@H](O)[C@H]2O)c(=O)[nH]1. The third-order valence-corrected chi connectivity index (χ3v) is 8.58. The summed E-state index contributed by atoms with van der Waals surface area (Å²) in [6.45, 7) is -1.59. The summed E-state index contributed by atoms with van der Waals surface area (Å²) >= 11 is 0. The summed E-state index contributed by atoms with van der Waals surface area (Å²) < 4.78 is 56.4. The molecule has 4 heterocycles. The molecule has 260 valence electrons. The van der Waals surface area contributed by atoms with Crippen LogP contribution in [0.1, 0.15) is 12.5 Å². The van der Waals surface area contributed by atoms with Gasteiger partial charge < -0.3 is 54.4 Å². The van der Waals surface area contributed by atoms with E-state index >= 15 is 0 Å². The Morgan fingerprint density at radius 1 is 0.652 bits per heavy atom. The molecule has 28 heteroatoms. The predicted octanol–water partition coefficient (Wildman–Crippen LogP) is -5.35. The van der Waals surface area contributed by atoms with Crippen LogP contribution in [0.5, 0.6) is 0 Å². The highest BCUT2D eigenvalue weighted by molar-refractivity contribution is 7.60. The number of phosphoric acid groups is 3. The molecule has 9 atom stereocenters. The molecule has 0 radical (unpaired) electrons. The second-order valence-electron chi connectivity index (χ2n) is 9.25. The third kappa shape index (κ3) is 10.2. The second-order valence-corrected chi connectivity index (χ2v) is 13.3. The summed E-state index contributed by atoms with van der Waals surface area (Å²) in [7, 11) is -15.3. The van der Waals surface area contributed by atoms with Gasteiger partial charge in [-0.05, 0) is 0 Å². The monoisotopic (exact) mass is 728 g/mol. The average Bonchev–Trinajstić information content (AvgIpc) is 3.35. The van der Waals surface area contributed by atoms with Crippen molar-refractivity contribution < 1.29 is 81.4 Å². The number of aromatic nitrogens is 4. The molecular weight excluding hydrogens is 701 g/mol. The van der Waals surface area contributed by atoms with Gasteiger partial charge in [0.15, 0.2) is 12.5 Å². The van der Waals surface area contributed by atoms with Gasteiger partial charge in [-0.3, -0.25) is 37.7 Å². The number of H-pyrrole nitrogens is 2. The van der Waals surface area contributed by atoms with E-state index in [1.165, 1.54) is 0 Å². The van der Waals surface area contributed by atoms with Crippen LogP contribution in [0, 0.1) is 0 Å². The zero-order valence-corrected chi connectivity index (χ0v) is 25.2. The maximum absolute atomic E-state index is 11.7. The Labute approximate surface area is 252 Å². The van der Waals surface area contributed by atoms with Crippen molar-refractivity contribution in [1.29, 1.82) is 0 Å². The fourth-order valence-corrected chi connectivity index (χ4v) is 5.89. The number of ether oxygens (including phenoxy) is 2. The predicted molar refractivity (Wildman–Crippen MR) is 141 cm³/mol. The molecule has 0 aliphatic carbocycles. The Hall–Kier alpha value is -2.51. The Balaban J connectivity index is 0.000000254. The highest BCUT2D eigenvalue weighted by Gasteiger charge is 2.46. The molecule has 4 rings (SSSR count). The lowest BCUT2D eigenvalue weighted by atomic mass is 10.1. The van der Waals surface area contributed by atoms with E-state index in [0.717, 1.165) is 33.7 Å². The summed E-state index contributed by atoms with van der Waals surface area (Å²) in [5, 5.41) is 39.3. The highest BCUT2D eigenvalue weighted by Crippen LogP contribution is 2.57. The summed E-state index contributed by atoms with van der Waals surface area (Å²) in [6, 6.07) is 1.98. The van der Waals surface area contributed by atoms with E-state index in [9.17, 15) is 53.3 Å². The van der Waals surface area contributed by atoms with E-state index in [1.807, 2.05) is 9.97 Å². The van der Waals surface area contributed by atoms with Gasteiger partial charge in [-0.15, -0.1) is 0 Å². The number of aliphatic hydroxyl groups excluding tert-OH is 4. The Kier molecular flexibility index (Phi) is 12.1. The second kappa shape index (κ2) is 14.7. The number of hydrogen-bond donors (Lipinski definition) is 11. The number of aromatic amines is 2. The number of nitrogens with zero attached hydrogens (tertiary/aromatic N) is 2. The van der Waals surface area contributed by atoms with E-state index in [0.29, 0.717) is 0 Å². The van der Waals surface area contributed by atoms with E-state index in [-0.39, 0.29) is 0 Å². The van der Waals surface area contributed by atoms with Gasteiger partial charge in [0, 0.05) is 24.5 Å². The first-order valence-electron chi connectivity index (χ1n) is 12.2. The molecule has 1 unspecified atom stereocenters. The maximum atomic E-state index is 11.7. The Bertz CT molecular complexity index is 1740. The van der Waals surface area contributed by atoms with Crippen molar-refractivity contribution in [2.24, 2.45) is 0 Å². The molecule has 0 spiro atoms. The van der Waals surface area contributed by atoms with Crippen LogP contribution < -0.4 is 22.5 Å². The zero-order chi connectivity index (χ0) is 34.8. The standard InChI is InChI=1S/C9H14N2O12P2.C9H13N2O9P/c12-5-1-2-11(9(15)10-5)8-7(14)6(13)4(22-8)3-21-25(19,20)23-24(16,17)18;12-5-1-2-11(9(15)10-5)8-7(14)6(13)4(20-8)3-19-21(16,17)18/h1-2,4,6-8,13-14H,3H2,(H,19,20)(H,10,12,15)(H2,16,17,18);1-2,4,6-8,13-14H,3H2,(H,10,12,15)(H2,16,17,18)/t2*4-,6-,7-,8-/m11/s1. The minimum atomic E-state index is -5.32. The quantitative estimate of drug-likeness (QED) is 0.102. The molecule has 2 aromatic heterocycles. The van der Waals surface area contributed by atoms with Gasteiger partial charge in [0.1, 0.15) is 36.6 Å². The zero-order valence-electron chi connectivity index (χ0n) is 22.5. The van der Waals surface area contributed by atoms with Crippen LogP contribution >= 0.6 is 23.5 Å². The van der Waals surface area contributed by atoms with Crippen molar-refractivity contribution in [3.8, 4) is 0 Å². The van der Waals surface area contributed by atoms with Gasteiger partial charge >= 0.3 is 34.8 Å². The van der Waals surface area contributed by atoms with Crippen molar-refractivity contribution in [2.75, 3.05) is 13.2 Å². The Morgan fingerprint density at radius 3 is 1.39 bits per heavy atom. The van der Waals surface area contributed by atoms with Crippen molar-refractivity contribution in [3.63, 3.8) is 0 Å². The van der Waals surface area contributed by atoms with Crippen LogP contribution in [0.4, 0.5) is 0 Å². The molecule has 0 amide bonds. The summed E-state index contributed by atoms with van der Waals surface area (Å²) in [5.41, 5.74) is -3.16. The van der Waals surface area contributed by atoms with Gasteiger partial charge in [0.05, 0.1) is 13.2 Å². The van der Waals surface area contributed by atoms with Gasteiger partial charge in [0.2, 0.25) is 0 Å². The molecule has 25 nitrogen and oxygen atoms in total. The fourth-order valence-electron chi connectivity index (χ4n) is 3.94. The molecular formula is C18H27N4O21P3. The van der Waals surface area contributed by atoms with Gasteiger partial charge in [0.25, 0.3) is 11.1 Å². The molecule has 0 aromatic carbocycles. The van der Waals surface area contributed by atoms with E-state index in [1.54, 1.807) is 0 Å². The smallest absolute Gasteiger partial charge is 0.387 e. The first-order chi connectivity index (χ1) is 21.1. The lowest BCUT2D eigenvalue weighted by molar-refractivity contribution is -0.0543. The molecule has 2 aliphatic rings. The van der Waals surface area contributed by atoms with E-state index in [4.69, 9.17) is 33.9 Å². The number of phosphoric ester groups is 2. The average molecular weight is 728 g/mol. The van der Waals surface area contributed by atoms with Crippen molar-refractivity contribution in [2.45, 2.75) is 49.1 Å². The van der Waals surface area contributed by atoms with Crippen LogP contribution in [0.25, 0.3) is 0 Å². The van der Waals surface area contributed by atoms with Gasteiger partial charge in [-0.25, -0.2) is 23.3 Å².